The van der Waals surface area contributed by atoms with Crippen molar-refractivity contribution in [1.82, 2.24) is 4.90 Å². The third kappa shape index (κ3) is 5.67. The first-order valence-corrected chi connectivity index (χ1v) is 11.6. The molecule has 0 bridgehead atoms. The summed E-state index contributed by atoms with van der Waals surface area (Å²) in [6.45, 7) is 11.0. The third-order valence-electron chi connectivity index (χ3n) is 6.03. The zero-order valence-electron chi connectivity index (χ0n) is 19.4. The molecule has 0 radical (unpaired) electrons. The van der Waals surface area contributed by atoms with E-state index in [-0.39, 0.29) is 23.7 Å². The van der Waals surface area contributed by atoms with Crippen molar-refractivity contribution >= 4 is 11.5 Å². The molecule has 0 saturated carbocycles. The number of nitrogens with zero attached hydrogens (tertiary/aromatic N) is 1. The molecule has 3 nitrogen and oxygen atoms in total. The predicted octanol–water partition coefficient (Wildman–Crippen LogP) is 6.85. The molecule has 1 aliphatic heterocycles. The lowest BCUT2D eigenvalue weighted by Gasteiger charge is -2.29. The lowest BCUT2D eigenvalue weighted by molar-refractivity contribution is -0.136. The molecule has 32 heavy (non-hydrogen) atoms. The molecule has 4 heteroatoms. The van der Waals surface area contributed by atoms with Crippen molar-refractivity contribution in [1.29, 1.82) is 0 Å². The Balaban J connectivity index is 1.89. The molecule has 0 N–H and O–H groups in total. The Hall–Kier alpha value is -2.88. The minimum absolute atomic E-state index is 0.112. The lowest BCUT2D eigenvalue weighted by Crippen LogP contribution is -2.36. The second-order valence-electron chi connectivity index (χ2n) is 8.49. The summed E-state index contributed by atoms with van der Waals surface area (Å²) in [7, 11) is 0. The Morgan fingerprint density at radius 2 is 1.94 bits per heavy atom. The molecule has 2 unspecified atom stereocenters. The highest BCUT2D eigenvalue weighted by atomic mass is 19.1. The van der Waals surface area contributed by atoms with Gasteiger partial charge in [0, 0.05) is 24.4 Å². The second-order valence-corrected chi connectivity index (χ2v) is 8.49. The molecule has 0 saturated heterocycles. The molecular weight excluding hydrogens is 401 g/mol. The van der Waals surface area contributed by atoms with E-state index < -0.39 is 0 Å². The fourth-order valence-electron chi connectivity index (χ4n) is 4.40. The monoisotopic (exact) mass is 435 g/mol. The quantitative estimate of drug-likeness (QED) is 0.382. The largest absolute Gasteiger partial charge is 0.499 e. The van der Waals surface area contributed by atoms with E-state index in [1.54, 1.807) is 6.07 Å². The third-order valence-corrected chi connectivity index (χ3v) is 6.03. The number of hydrogen-bond acceptors (Lipinski definition) is 2. The molecule has 1 heterocycles. The second kappa shape index (κ2) is 11.1. The van der Waals surface area contributed by atoms with Crippen LogP contribution < -0.4 is 0 Å². The van der Waals surface area contributed by atoms with Gasteiger partial charge in [-0.05, 0) is 50.0 Å². The number of benzene rings is 2. The number of rotatable bonds is 10. The Bertz CT molecular complexity index is 967. The van der Waals surface area contributed by atoms with Crippen LogP contribution in [0.5, 0.6) is 0 Å². The van der Waals surface area contributed by atoms with E-state index in [1.807, 2.05) is 61.2 Å². The molecular formula is C28H34FNO2. The highest BCUT2D eigenvalue weighted by Gasteiger charge is 2.34. The molecule has 2 aromatic rings. The van der Waals surface area contributed by atoms with Crippen molar-refractivity contribution in [2.75, 3.05) is 13.2 Å². The molecule has 0 spiro atoms. The van der Waals surface area contributed by atoms with Crippen LogP contribution in [0.4, 0.5) is 4.39 Å². The van der Waals surface area contributed by atoms with Crippen LogP contribution in [0, 0.1) is 18.7 Å². The molecule has 0 aromatic heterocycles. The van der Waals surface area contributed by atoms with Gasteiger partial charge in [0.15, 0.2) is 0 Å². The number of allylic oxidation sites excluding steroid dienone is 1. The maximum atomic E-state index is 14.7. The van der Waals surface area contributed by atoms with Crippen molar-refractivity contribution in [2.24, 2.45) is 5.92 Å². The van der Waals surface area contributed by atoms with Gasteiger partial charge in [0.2, 0.25) is 5.91 Å². The van der Waals surface area contributed by atoms with Crippen molar-refractivity contribution < 1.29 is 13.9 Å². The van der Waals surface area contributed by atoms with Gasteiger partial charge in [-0.2, -0.15) is 0 Å². The Kier molecular flexibility index (Phi) is 8.26. The minimum atomic E-state index is -0.249. The summed E-state index contributed by atoms with van der Waals surface area (Å²) in [5.74, 6) is 0.479. The van der Waals surface area contributed by atoms with Crippen LogP contribution in [0.2, 0.25) is 0 Å². The molecule has 170 valence electrons. The first kappa shape index (κ1) is 23.8. The summed E-state index contributed by atoms with van der Waals surface area (Å²) in [6.07, 6.45) is 5.16. The number of carbonyl (C=O) groups is 1. The Morgan fingerprint density at radius 3 is 2.62 bits per heavy atom. The van der Waals surface area contributed by atoms with Crippen LogP contribution in [-0.2, 0) is 9.53 Å². The minimum Gasteiger partial charge on any atom is -0.499 e. The number of aryl methyl sites for hydroxylation is 1. The van der Waals surface area contributed by atoms with Crippen molar-refractivity contribution in [3.63, 3.8) is 0 Å². The van der Waals surface area contributed by atoms with Gasteiger partial charge in [0.1, 0.15) is 5.82 Å². The first-order valence-electron chi connectivity index (χ1n) is 11.6. The van der Waals surface area contributed by atoms with Crippen LogP contribution in [-0.4, -0.2) is 24.0 Å². The topological polar surface area (TPSA) is 29.5 Å². The lowest BCUT2D eigenvalue weighted by atomic mass is 9.94. The smallest absolute Gasteiger partial charge is 0.226 e. The summed E-state index contributed by atoms with van der Waals surface area (Å²) < 4.78 is 20.2. The summed E-state index contributed by atoms with van der Waals surface area (Å²) in [4.78, 5) is 15.7. The molecule has 2 aromatic carbocycles. The maximum Gasteiger partial charge on any atom is 0.226 e. The number of halogens is 1. The van der Waals surface area contributed by atoms with E-state index in [4.69, 9.17) is 4.74 Å². The summed E-state index contributed by atoms with van der Waals surface area (Å²) >= 11 is 0. The van der Waals surface area contributed by atoms with Crippen molar-refractivity contribution in [3.8, 4) is 0 Å². The fourth-order valence-corrected chi connectivity index (χ4v) is 4.40. The van der Waals surface area contributed by atoms with Crippen molar-refractivity contribution in [2.45, 2.75) is 52.5 Å². The van der Waals surface area contributed by atoms with Gasteiger partial charge in [-0.1, -0.05) is 68.0 Å². The zero-order valence-corrected chi connectivity index (χ0v) is 19.4. The normalized spacial score (nSPS) is 16.6. The van der Waals surface area contributed by atoms with Crippen LogP contribution >= 0.6 is 0 Å². The van der Waals surface area contributed by atoms with Crippen molar-refractivity contribution in [3.05, 3.63) is 89.5 Å². The maximum absolute atomic E-state index is 14.7. The molecule has 1 aliphatic rings. The van der Waals surface area contributed by atoms with E-state index in [0.717, 1.165) is 35.3 Å². The standard InChI is InChI=1S/C28H34FNO2/c1-5-10-23(15-14-21(4)32-6-2)28(31)30-19-24(25-17-20(3)13-16-26(25)29)18-27(30)22-11-8-7-9-12-22/h7-9,11-13,16-18,23,27H,4-6,10,14-15,19H2,1-3H3. The summed E-state index contributed by atoms with van der Waals surface area (Å²) in [6, 6.07) is 14.9. The molecule has 0 aliphatic carbocycles. The van der Waals surface area contributed by atoms with E-state index in [9.17, 15) is 9.18 Å². The first-order chi connectivity index (χ1) is 15.4. The van der Waals surface area contributed by atoms with Crippen LogP contribution in [0.25, 0.3) is 5.57 Å². The van der Waals surface area contributed by atoms with Gasteiger partial charge in [0.25, 0.3) is 0 Å². The van der Waals surface area contributed by atoms with Crippen LogP contribution in [0.15, 0.2) is 66.9 Å². The summed E-state index contributed by atoms with van der Waals surface area (Å²) in [5, 5.41) is 0. The van der Waals surface area contributed by atoms with Gasteiger partial charge in [-0.15, -0.1) is 0 Å². The number of ether oxygens (including phenoxy) is 1. The van der Waals surface area contributed by atoms with E-state index in [0.29, 0.717) is 31.6 Å². The van der Waals surface area contributed by atoms with E-state index in [2.05, 4.69) is 13.5 Å². The van der Waals surface area contributed by atoms with Gasteiger partial charge < -0.3 is 9.64 Å². The predicted molar refractivity (Wildman–Crippen MR) is 128 cm³/mol. The van der Waals surface area contributed by atoms with Gasteiger partial charge in [-0.3, -0.25) is 4.79 Å². The highest BCUT2D eigenvalue weighted by molar-refractivity contribution is 5.85. The SMILES string of the molecule is C=C(CCC(CCC)C(=O)N1CC(c2cc(C)ccc2F)=CC1c1ccccc1)OCC. The van der Waals surface area contributed by atoms with Crippen LogP contribution in [0.1, 0.15) is 62.3 Å². The van der Waals surface area contributed by atoms with E-state index >= 15 is 0 Å². The van der Waals surface area contributed by atoms with E-state index in [1.165, 1.54) is 6.07 Å². The van der Waals surface area contributed by atoms with Crippen LogP contribution in [0.3, 0.4) is 0 Å². The highest BCUT2D eigenvalue weighted by Crippen LogP contribution is 2.37. The zero-order chi connectivity index (χ0) is 23.1. The Labute approximate surface area is 191 Å². The van der Waals surface area contributed by atoms with Gasteiger partial charge in [0.05, 0.1) is 18.4 Å². The Morgan fingerprint density at radius 1 is 1.19 bits per heavy atom. The number of hydrogen-bond donors (Lipinski definition) is 0. The van der Waals surface area contributed by atoms with Gasteiger partial charge >= 0.3 is 0 Å². The molecule has 1 amide bonds. The average molecular weight is 436 g/mol. The fraction of sp³-hybridized carbons (Fsp3) is 0.393. The average Bonchev–Trinajstić information content (AvgIpc) is 3.24. The molecule has 2 atom stereocenters. The van der Waals surface area contributed by atoms with Gasteiger partial charge in [-0.25, -0.2) is 4.39 Å². The number of carbonyl (C=O) groups excluding carboxylic acids is 1. The molecule has 3 rings (SSSR count). The summed E-state index contributed by atoms with van der Waals surface area (Å²) in [5.41, 5.74) is 3.49. The molecule has 0 fully saturated rings. The number of amides is 1.